The summed E-state index contributed by atoms with van der Waals surface area (Å²) in [5, 5.41) is 7.07. The highest BCUT2D eigenvalue weighted by Crippen LogP contribution is 2.21. The molecule has 1 aromatic rings. The predicted molar refractivity (Wildman–Crippen MR) is 97.6 cm³/mol. The monoisotopic (exact) mass is 333 g/mol. The molecule has 0 unspecified atom stereocenters. The van der Waals surface area contributed by atoms with Crippen LogP contribution in [0.25, 0.3) is 0 Å². The van der Waals surface area contributed by atoms with Crippen molar-refractivity contribution in [1.82, 2.24) is 14.9 Å². The van der Waals surface area contributed by atoms with E-state index >= 15 is 0 Å². The highest BCUT2D eigenvalue weighted by atomic mass is 16.5. The Morgan fingerprint density at radius 1 is 1.08 bits per heavy atom. The van der Waals surface area contributed by atoms with Gasteiger partial charge in [-0.3, -0.25) is 4.90 Å². The van der Waals surface area contributed by atoms with Gasteiger partial charge in [-0.1, -0.05) is 25.7 Å². The number of hydrogen-bond donors (Lipinski definition) is 2. The van der Waals surface area contributed by atoms with Gasteiger partial charge in [0.1, 0.15) is 17.5 Å². The molecule has 24 heavy (non-hydrogen) atoms. The quantitative estimate of drug-likeness (QED) is 0.781. The van der Waals surface area contributed by atoms with Crippen molar-refractivity contribution < 1.29 is 4.74 Å². The molecule has 6 nitrogen and oxygen atoms in total. The maximum atomic E-state index is 5.39. The summed E-state index contributed by atoms with van der Waals surface area (Å²) in [4.78, 5) is 11.5. The summed E-state index contributed by atoms with van der Waals surface area (Å²) >= 11 is 0. The SMILES string of the molecule is Cc1nc(NCCN2CCOCC2)cc(NC2CCCCCC2)n1. The van der Waals surface area contributed by atoms with Gasteiger partial charge >= 0.3 is 0 Å². The Hall–Kier alpha value is -1.40. The van der Waals surface area contributed by atoms with Crippen molar-refractivity contribution in [2.24, 2.45) is 0 Å². The van der Waals surface area contributed by atoms with E-state index in [1.54, 1.807) is 0 Å². The van der Waals surface area contributed by atoms with Crippen molar-refractivity contribution in [3.63, 3.8) is 0 Å². The average molecular weight is 333 g/mol. The van der Waals surface area contributed by atoms with Crippen molar-refractivity contribution in [2.45, 2.75) is 51.5 Å². The van der Waals surface area contributed by atoms with Gasteiger partial charge in [-0.05, 0) is 19.8 Å². The summed E-state index contributed by atoms with van der Waals surface area (Å²) < 4.78 is 5.39. The van der Waals surface area contributed by atoms with Crippen molar-refractivity contribution in [3.05, 3.63) is 11.9 Å². The summed E-state index contributed by atoms with van der Waals surface area (Å²) in [5.41, 5.74) is 0. The minimum absolute atomic E-state index is 0.558. The zero-order chi connectivity index (χ0) is 16.6. The molecule has 2 heterocycles. The molecule has 1 aromatic heterocycles. The number of aromatic nitrogens is 2. The van der Waals surface area contributed by atoms with E-state index in [0.717, 1.165) is 56.9 Å². The molecule has 0 bridgehead atoms. The fourth-order valence-electron chi connectivity index (χ4n) is 3.53. The molecule has 0 radical (unpaired) electrons. The van der Waals surface area contributed by atoms with E-state index in [9.17, 15) is 0 Å². The van der Waals surface area contributed by atoms with Crippen LogP contribution in [-0.2, 0) is 4.74 Å². The van der Waals surface area contributed by atoms with Crippen LogP contribution in [0.3, 0.4) is 0 Å². The summed E-state index contributed by atoms with van der Waals surface area (Å²) in [7, 11) is 0. The van der Waals surface area contributed by atoms with Gasteiger partial charge < -0.3 is 15.4 Å². The molecule has 1 saturated heterocycles. The fourth-order valence-corrected chi connectivity index (χ4v) is 3.53. The van der Waals surface area contributed by atoms with E-state index < -0.39 is 0 Å². The first-order chi connectivity index (χ1) is 11.8. The fraction of sp³-hybridized carbons (Fsp3) is 0.778. The van der Waals surface area contributed by atoms with Crippen LogP contribution in [0.4, 0.5) is 11.6 Å². The van der Waals surface area contributed by atoms with Gasteiger partial charge in [0.25, 0.3) is 0 Å². The molecular formula is C18H31N5O. The molecule has 0 spiro atoms. The standard InChI is InChI=1S/C18H31N5O/c1-15-20-17(19-8-9-23-10-12-24-13-11-23)14-18(21-15)22-16-6-4-2-3-5-7-16/h14,16H,2-13H2,1H3,(H2,19,20,21,22). The molecule has 1 aliphatic carbocycles. The van der Waals surface area contributed by atoms with Crippen LogP contribution in [0.15, 0.2) is 6.07 Å². The number of hydrogen-bond acceptors (Lipinski definition) is 6. The zero-order valence-electron chi connectivity index (χ0n) is 14.9. The average Bonchev–Trinajstić information content (AvgIpc) is 2.84. The minimum atomic E-state index is 0.558. The molecule has 6 heteroatoms. The molecule has 134 valence electrons. The van der Waals surface area contributed by atoms with Crippen LogP contribution >= 0.6 is 0 Å². The second-order valence-electron chi connectivity index (χ2n) is 6.90. The molecule has 0 amide bonds. The molecule has 2 fully saturated rings. The van der Waals surface area contributed by atoms with Crippen molar-refractivity contribution >= 4 is 11.6 Å². The zero-order valence-corrected chi connectivity index (χ0v) is 14.9. The molecular weight excluding hydrogens is 302 g/mol. The summed E-state index contributed by atoms with van der Waals surface area (Å²) in [6.07, 6.45) is 7.90. The topological polar surface area (TPSA) is 62.3 Å². The second kappa shape index (κ2) is 9.18. The highest BCUT2D eigenvalue weighted by molar-refractivity contribution is 5.48. The molecule has 3 rings (SSSR count). The predicted octanol–water partition coefficient (Wildman–Crippen LogP) is 2.66. The number of nitrogens with zero attached hydrogens (tertiary/aromatic N) is 3. The van der Waals surface area contributed by atoms with Gasteiger partial charge in [-0.25, -0.2) is 9.97 Å². The Labute approximate surface area is 145 Å². The normalized spacial score (nSPS) is 20.5. The van der Waals surface area contributed by atoms with E-state index in [1.165, 1.54) is 38.5 Å². The summed E-state index contributed by atoms with van der Waals surface area (Å²) in [5.74, 6) is 2.71. The number of ether oxygens (including phenoxy) is 1. The summed E-state index contributed by atoms with van der Waals surface area (Å²) in [6, 6.07) is 2.61. The van der Waals surface area contributed by atoms with Crippen molar-refractivity contribution in [2.75, 3.05) is 50.0 Å². The van der Waals surface area contributed by atoms with Crippen LogP contribution in [0.2, 0.25) is 0 Å². The van der Waals surface area contributed by atoms with Crippen LogP contribution in [0, 0.1) is 6.92 Å². The van der Waals surface area contributed by atoms with Gasteiger partial charge in [0.15, 0.2) is 0 Å². The molecule has 1 aliphatic heterocycles. The van der Waals surface area contributed by atoms with E-state index in [2.05, 4.69) is 31.6 Å². The Morgan fingerprint density at radius 2 is 1.79 bits per heavy atom. The summed E-state index contributed by atoms with van der Waals surface area (Å²) in [6.45, 7) is 7.64. The minimum Gasteiger partial charge on any atom is -0.379 e. The number of aryl methyl sites for hydroxylation is 1. The van der Waals surface area contributed by atoms with Crippen LogP contribution < -0.4 is 10.6 Å². The lowest BCUT2D eigenvalue weighted by Crippen LogP contribution is -2.39. The Morgan fingerprint density at radius 3 is 2.54 bits per heavy atom. The van der Waals surface area contributed by atoms with Gasteiger partial charge in [0.2, 0.25) is 0 Å². The van der Waals surface area contributed by atoms with Crippen LogP contribution in [0.1, 0.15) is 44.3 Å². The molecule has 0 atom stereocenters. The lowest BCUT2D eigenvalue weighted by atomic mass is 10.1. The first kappa shape index (κ1) is 17.4. The largest absolute Gasteiger partial charge is 0.379 e. The molecule has 2 aliphatic rings. The van der Waals surface area contributed by atoms with Crippen molar-refractivity contribution in [3.8, 4) is 0 Å². The van der Waals surface area contributed by atoms with Gasteiger partial charge in [0, 0.05) is 38.3 Å². The van der Waals surface area contributed by atoms with E-state index in [0.29, 0.717) is 6.04 Å². The number of morpholine rings is 1. The maximum Gasteiger partial charge on any atom is 0.132 e. The van der Waals surface area contributed by atoms with Crippen molar-refractivity contribution in [1.29, 1.82) is 0 Å². The Kier molecular flexibility index (Phi) is 6.66. The Bertz CT molecular complexity index is 496. The highest BCUT2D eigenvalue weighted by Gasteiger charge is 2.13. The third-order valence-corrected chi connectivity index (χ3v) is 4.88. The molecule has 2 N–H and O–H groups in total. The third-order valence-electron chi connectivity index (χ3n) is 4.88. The van der Waals surface area contributed by atoms with E-state index in [-0.39, 0.29) is 0 Å². The molecule has 1 saturated carbocycles. The Balaban J connectivity index is 1.50. The molecule has 0 aromatic carbocycles. The third kappa shape index (κ3) is 5.60. The van der Waals surface area contributed by atoms with E-state index in [4.69, 9.17) is 4.74 Å². The first-order valence-electron chi connectivity index (χ1n) is 9.46. The maximum absolute atomic E-state index is 5.39. The lowest BCUT2D eigenvalue weighted by molar-refractivity contribution is 0.0398. The number of rotatable bonds is 6. The number of anilines is 2. The van der Waals surface area contributed by atoms with Gasteiger partial charge in [0.05, 0.1) is 13.2 Å². The van der Waals surface area contributed by atoms with Gasteiger partial charge in [-0.15, -0.1) is 0 Å². The second-order valence-corrected chi connectivity index (χ2v) is 6.90. The van der Waals surface area contributed by atoms with Crippen LogP contribution in [-0.4, -0.2) is 60.3 Å². The number of nitrogens with one attached hydrogen (secondary N) is 2. The lowest BCUT2D eigenvalue weighted by Gasteiger charge is -2.26. The van der Waals surface area contributed by atoms with Crippen LogP contribution in [0.5, 0.6) is 0 Å². The first-order valence-corrected chi connectivity index (χ1v) is 9.46. The smallest absolute Gasteiger partial charge is 0.132 e. The van der Waals surface area contributed by atoms with E-state index in [1.807, 2.05) is 6.92 Å². The van der Waals surface area contributed by atoms with Gasteiger partial charge in [-0.2, -0.15) is 0 Å².